The number of hydrogen-bond donors (Lipinski definition) is 2. The van der Waals surface area contributed by atoms with E-state index in [9.17, 15) is 4.79 Å². The van der Waals surface area contributed by atoms with Crippen molar-refractivity contribution in [2.75, 3.05) is 18.9 Å². The van der Waals surface area contributed by atoms with Crippen LogP contribution in [0.3, 0.4) is 0 Å². The number of fused-ring (bicyclic) bond motifs is 3. The molecule has 3 atom stereocenters. The largest absolute Gasteiger partial charge is 0.378 e. The van der Waals surface area contributed by atoms with E-state index in [1.807, 2.05) is 48.4 Å². The van der Waals surface area contributed by atoms with Crippen molar-refractivity contribution in [3.8, 4) is 11.1 Å². The predicted molar refractivity (Wildman–Crippen MR) is 123 cm³/mol. The lowest BCUT2D eigenvalue weighted by Gasteiger charge is -2.24. The average molecular weight is 430 g/mol. The molecule has 0 spiro atoms. The molecular formula is C24H27N7O. The molecule has 0 aliphatic carbocycles. The van der Waals surface area contributed by atoms with Gasteiger partial charge in [0, 0.05) is 38.1 Å². The lowest BCUT2D eigenvalue weighted by Crippen LogP contribution is -2.25. The highest BCUT2D eigenvalue weighted by Gasteiger charge is 2.37. The van der Waals surface area contributed by atoms with Crippen LogP contribution in [-0.4, -0.2) is 40.3 Å². The van der Waals surface area contributed by atoms with Gasteiger partial charge in [-0.15, -0.1) is 0 Å². The molecule has 2 aliphatic rings. The molecule has 0 fully saturated rings. The number of carbonyl (C=O) groups is 1. The van der Waals surface area contributed by atoms with Crippen molar-refractivity contribution in [3.63, 3.8) is 0 Å². The van der Waals surface area contributed by atoms with Crippen LogP contribution in [0.4, 0.5) is 5.69 Å². The standard InChI is InChI=1S/C24H27N7O/c1-15-23-18-9-8-16(17-13-26-30(3)14-17)12-20(18)22(10-11-31(23)29-28-15)27-21-7-5-4-6-19(21)24(32)25-2/h4-9,12-15,22-23,27H,10-11H2,1-3H3,(H,25,32). The maximum atomic E-state index is 12.4. The van der Waals surface area contributed by atoms with Crippen LogP contribution in [0.25, 0.3) is 11.1 Å². The molecular weight excluding hydrogens is 402 g/mol. The Bertz CT molecular complexity index is 1180. The van der Waals surface area contributed by atoms with E-state index >= 15 is 0 Å². The van der Waals surface area contributed by atoms with E-state index in [-0.39, 0.29) is 24.0 Å². The van der Waals surface area contributed by atoms with Gasteiger partial charge in [0.25, 0.3) is 5.91 Å². The third kappa shape index (κ3) is 3.51. The third-order valence-corrected chi connectivity index (χ3v) is 6.32. The monoisotopic (exact) mass is 429 g/mol. The van der Waals surface area contributed by atoms with Crippen molar-refractivity contribution in [3.05, 3.63) is 71.5 Å². The van der Waals surface area contributed by atoms with Crippen LogP contribution in [0.2, 0.25) is 0 Å². The molecule has 2 aromatic carbocycles. The van der Waals surface area contributed by atoms with Gasteiger partial charge < -0.3 is 10.6 Å². The Kier molecular flexibility index (Phi) is 5.13. The van der Waals surface area contributed by atoms with Crippen molar-refractivity contribution in [1.82, 2.24) is 20.1 Å². The molecule has 164 valence electrons. The molecule has 5 rings (SSSR count). The van der Waals surface area contributed by atoms with Gasteiger partial charge >= 0.3 is 0 Å². The summed E-state index contributed by atoms with van der Waals surface area (Å²) in [6, 6.07) is 14.5. The second-order valence-electron chi connectivity index (χ2n) is 8.41. The normalized spacial score (nSPS) is 21.6. The number of rotatable bonds is 4. The fraction of sp³-hybridized carbons (Fsp3) is 0.333. The fourth-order valence-electron chi connectivity index (χ4n) is 4.71. The van der Waals surface area contributed by atoms with E-state index in [0.717, 1.165) is 29.8 Å². The molecule has 32 heavy (non-hydrogen) atoms. The number of carbonyl (C=O) groups excluding carboxylic acids is 1. The SMILES string of the molecule is CNC(=O)c1ccccc1NC1CCN2N=NC(C)C2c2ccc(-c3cnn(C)c3)cc21. The molecule has 8 nitrogen and oxygen atoms in total. The molecule has 2 aliphatic heterocycles. The molecule has 1 amide bonds. The summed E-state index contributed by atoms with van der Waals surface area (Å²) in [7, 11) is 3.58. The summed E-state index contributed by atoms with van der Waals surface area (Å²) in [6.07, 6.45) is 4.75. The second kappa shape index (κ2) is 8.11. The highest BCUT2D eigenvalue weighted by atomic mass is 16.1. The third-order valence-electron chi connectivity index (χ3n) is 6.32. The summed E-state index contributed by atoms with van der Waals surface area (Å²) >= 11 is 0. The van der Waals surface area contributed by atoms with Crippen LogP contribution in [0.1, 0.15) is 46.9 Å². The highest BCUT2D eigenvalue weighted by molar-refractivity contribution is 5.99. The van der Waals surface area contributed by atoms with E-state index in [2.05, 4.69) is 56.2 Å². The number of amides is 1. The van der Waals surface area contributed by atoms with Crippen LogP contribution in [0.5, 0.6) is 0 Å². The minimum atomic E-state index is -0.103. The summed E-state index contributed by atoms with van der Waals surface area (Å²) in [5.41, 5.74) is 6.10. The number of aryl methyl sites for hydroxylation is 1. The van der Waals surface area contributed by atoms with E-state index in [4.69, 9.17) is 0 Å². The summed E-state index contributed by atoms with van der Waals surface area (Å²) in [4.78, 5) is 12.4. The first kappa shape index (κ1) is 20.2. The molecule has 3 unspecified atom stereocenters. The number of aromatic nitrogens is 2. The molecule has 2 N–H and O–H groups in total. The fourth-order valence-corrected chi connectivity index (χ4v) is 4.71. The van der Waals surface area contributed by atoms with Crippen molar-refractivity contribution in [2.24, 2.45) is 17.4 Å². The van der Waals surface area contributed by atoms with Crippen LogP contribution < -0.4 is 10.6 Å². The molecule has 3 heterocycles. The highest BCUT2D eigenvalue weighted by Crippen LogP contribution is 2.42. The maximum Gasteiger partial charge on any atom is 0.253 e. The van der Waals surface area contributed by atoms with Gasteiger partial charge in [-0.1, -0.05) is 29.5 Å². The molecule has 0 radical (unpaired) electrons. The summed E-state index contributed by atoms with van der Waals surface area (Å²) < 4.78 is 1.81. The van der Waals surface area contributed by atoms with Crippen molar-refractivity contribution in [2.45, 2.75) is 31.5 Å². The predicted octanol–water partition coefficient (Wildman–Crippen LogP) is 4.12. The number of hydrogen-bond acceptors (Lipinski definition) is 6. The Morgan fingerprint density at radius 1 is 1.12 bits per heavy atom. The van der Waals surface area contributed by atoms with Gasteiger partial charge in [0.1, 0.15) is 0 Å². The van der Waals surface area contributed by atoms with E-state index in [1.165, 1.54) is 11.1 Å². The zero-order chi connectivity index (χ0) is 22.2. The summed E-state index contributed by atoms with van der Waals surface area (Å²) in [5, 5.41) is 21.7. The number of nitrogens with one attached hydrogen (secondary N) is 2. The Morgan fingerprint density at radius 2 is 1.97 bits per heavy atom. The smallest absolute Gasteiger partial charge is 0.253 e. The van der Waals surface area contributed by atoms with Gasteiger partial charge in [-0.3, -0.25) is 14.5 Å². The molecule has 1 aromatic heterocycles. The van der Waals surface area contributed by atoms with Gasteiger partial charge in [-0.05, 0) is 48.2 Å². The quantitative estimate of drug-likeness (QED) is 0.653. The molecule has 0 bridgehead atoms. The molecule has 3 aromatic rings. The molecule has 0 saturated heterocycles. The lowest BCUT2D eigenvalue weighted by molar-refractivity contribution is 0.0964. The Labute approximate surface area is 187 Å². The van der Waals surface area contributed by atoms with Gasteiger partial charge in [-0.2, -0.15) is 10.2 Å². The van der Waals surface area contributed by atoms with Crippen LogP contribution in [0.15, 0.2) is 65.2 Å². The summed E-state index contributed by atoms with van der Waals surface area (Å²) in [6.45, 7) is 2.90. The van der Waals surface area contributed by atoms with Gasteiger partial charge in [0.05, 0.1) is 29.9 Å². The lowest BCUT2D eigenvalue weighted by atomic mass is 9.90. The molecule has 0 saturated carbocycles. The van der Waals surface area contributed by atoms with Gasteiger partial charge in [0.2, 0.25) is 0 Å². The van der Waals surface area contributed by atoms with Crippen LogP contribution >= 0.6 is 0 Å². The summed E-state index contributed by atoms with van der Waals surface area (Å²) in [5.74, 6) is -0.103. The van der Waals surface area contributed by atoms with E-state index in [0.29, 0.717) is 5.56 Å². The average Bonchev–Trinajstić information content (AvgIpc) is 3.37. The number of para-hydroxylation sites is 1. The first-order chi connectivity index (χ1) is 15.5. The number of benzene rings is 2. The maximum absolute atomic E-state index is 12.4. The van der Waals surface area contributed by atoms with E-state index in [1.54, 1.807) is 7.05 Å². The van der Waals surface area contributed by atoms with Crippen molar-refractivity contribution < 1.29 is 4.79 Å². The second-order valence-corrected chi connectivity index (χ2v) is 8.41. The van der Waals surface area contributed by atoms with E-state index < -0.39 is 0 Å². The topological polar surface area (TPSA) is 86.9 Å². The molecule has 8 heteroatoms. The first-order valence-corrected chi connectivity index (χ1v) is 10.9. The van der Waals surface area contributed by atoms with Gasteiger partial charge in [-0.25, -0.2) is 0 Å². The zero-order valence-corrected chi connectivity index (χ0v) is 18.5. The minimum absolute atomic E-state index is 0.0282. The first-order valence-electron chi connectivity index (χ1n) is 10.9. The van der Waals surface area contributed by atoms with Crippen molar-refractivity contribution >= 4 is 11.6 Å². The number of anilines is 1. The van der Waals surface area contributed by atoms with Crippen molar-refractivity contribution in [1.29, 1.82) is 0 Å². The van der Waals surface area contributed by atoms with Crippen LogP contribution in [0, 0.1) is 0 Å². The Hall–Kier alpha value is -3.68. The minimum Gasteiger partial charge on any atom is -0.378 e. The van der Waals surface area contributed by atoms with Gasteiger partial charge in [0.15, 0.2) is 0 Å². The Morgan fingerprint density at radius 3 is 2.75 bits per heavy atom. The Balaban J connectivity index is 1.59. The number of nitrogens with zero attached hydrogens (tertiary/aromatic N) is 5. The van der Waals surface area contributed by atoms with Crippen LogP contribution in [-0.2, 0) is 7.05 Å². The zero-order valence-electron chi connectivity index (χ0n) is 18.5.